The second kappa shape index (κ2) is 7.07. The average Bonchev–Trinajstić information content (AvgIpc) is 3.12. The van der Waals surface area contributed by atoms with Gasteiger partial charge in [0.05, 0.1) is 6.04 Å². The maximum Gasteiger partial charge on any atom is 0.321 e. The first-order valence-corrected chi connectivity index (χ1v) is 9.67. The third-order valence-corrected chi connectivity index (χ3v) is 5.98. The quantitative estimate of drug-likeness (QED) is 0.818. The number of carbonyl (C=O) groups is 1. The molecular formula is C18H21FN4OS. The highest BCUT2D eigenvalue weighted by Gasteiger charge is 2.29. The molecule has 2 aliphatic rings. The van der Waals surface area contributed by atoms with Crippen molar-refractivity contribution in [1.29, 1.82) is 0 Å². The fourth-order valence-electron chi connectivity index (χ4n) is 3.49. The summed E-state index contributed by atoms with van der Waals surface area (Å²) in [6.45, 7) is 0. The lowest BCUT2D eigenvalue weighted by Gasteiger charge is -2.25. The Morgan fingerprint density at radius 3 is 2.52 bits per heavy atom. The van der Waals surface area contributed by atoms with Gasteiger partial charge in [-0.25, -0.2) is 9.18 Å². The fraction of sp³-hybridized carbons (Fsp3) is 0.500. The molecule has 25 heavy (non-hydrogen) atoms. The summed E-state index contributed by atoms with van der Waals surface area (Å²) >= 11 is 1.45. The number of halogens is 1. The Hall–Kier alpha value is -2.02. The van der Waals surface area contributed by atoms with Gasteiger partial charge in [-0.3, -0.25) is 5.32 Å². The lowest BCUT2D eigenvalue weighted by molar-refractivity contribution is 0.242. The zero-order valence-corrected chi connectivity index (χ0v) is 14.7. The second-order valence-electron chi connectivity index (χ2n) is 6.89. The van der Waals surface area contributed by atoms with Gasteiger partial charge in [0.2, 0.25) is 5.13 Å². The minimum absolute atomic E-state index is 0.112. The van der Waals surface area contributed by atoms with Crippen molar-refractivity contribution in [2.45, 2.75) is 50.5 Å². The number of amides is 2. The number of hydrogen-bond acceptors (Lipinski definition) is 4. The number of anilines is 1. The van der Waals surface area contributed by atoms with Gasteiger partial charge in [-0.1, -0.05) is 36.3 Å². The molecule has 1 atom stereocenters. The number of nitrogens with one attached hydrogen (secondary N) is 2. The van der Waals surface area contributed by atoms with Crippen molar-refractivity contribution in [3.8, 4) is 0 Å². The molecule has 1 heterocycles. The summed E-state index contributed by atoms with van der Waals surface area (Å²) in [6, 6.07) is 6.02. The van der Waals surface area contributed by atoms with E-state index in [2.05, 4.69) is 20.8 Å². The van der Waals surface area contributed by atoms with E-state index < -0.39 is 0 Å². The highest BCUT2D eigenvalue weighted by atomic mass is 32.1. The molecule has 1 unspecified atom stereocenters. The van der Waals surface area contributed by atoms with Gasteiger partial charge in [0, 0.05) is 5.92 Å². The third kappa shape index (κ3) is 3.98. The predicted octanol–water partition coefficient (Wildman–Crippen LogP) is 4.61. The van der Waals surface area contributed by atoms with Gasteiger partial charge in [-0.2, -0.15) is 0 Å². The van der Waals surface area contributed by atoms with Gasteiger partial charge in [0.25, 0.3) is 0 Å². The van der Waals surface area contributed by atoms with Crippen LogP contribution in [0.25, 0.3) is 0 Å². The second-order valence-corrected chi connectivity index (χ2v) is 7.90. The molecule has 7 heteroatoms. The van der Waals surface area contributed by atoms with Gasteiger partial charge >= 0.3 is 6.03 Å². The van der Waals surface area contributed by atoms with Gasteiger partial charge in [-0.15, -0.1) is 10.2 Å². The maximum atomic E-state index is 13.2. The minimum Gasteiger partial charge on any atom is -0.331 e. The summed E-state index contributed by atoms with van der Waals surface area (Å²) in [5.41, 5.74) is 0.944. The predicted molar refractivity (Wildman–Crippen MR) is 95.1 cm³/mol. The molecule has 2 aromatic rings. The molecular weight excluding hydrogens is 339 g/mol. The summed E-state index contributed by atoms with van der Waals surface area (Å²) < 4.78 is 13.2. The molecule has 0 saturated heterocycles. The van der Waals surface area contributed by atoms with E-state index >= 15 is 0 Å². The zero-order valence-electron chi connectivity index (χ0n) is 13.9. The van der Waals surface area contributed by atoms with E-state index in [0.29, 0.717) is 17.0 Å². The molecule has 0 aliphatic heterocycles. The molecule has 0 radical (unpaired) electrons. The Morgan fingerprint density at radius 2 is 1.84 bits per heavy atom. The van der Waals surface area contributed by atoms with E-state index in [9.17, 15) is 9.18 Å². The van der Waals surface area contributed by atoms with Crippen LogP contribution in [-0.2, 0) is 0 Å². The van der Waals surface area contributed by atoms with E-state index in [1.807, 2.05) is 0 Å². The first-order chi connectivity index (χ1) is 12.2. The lowest BCUT2D eigenvalue weighted by atomic mass is 9.92. The number of urea groups is 1. The van der Waals surface area contributed by atoms with Crippen molar-refractivity contribution in [2.75, 3.05) is 5.32 Å². The van der Waals surface area contributed by atoms with Crippen LogP contribution in [-0.4, -0.2) is 16.2 Å². The van der Waals surface area contributed by atoms with Crippen LogP contribution in [0.15, 0.2) is 24.3 Å². The highest BCUT2D eigenvalue weighted by molar-refractivity contribution is 7.15. The Kier molecular flexibility index (Phi) is 4.65. The Morgan fingerprint density at radius 1 is 1.12 bits per heavy atom. The Balaban J connectivity index is 1.44. The van der Waals surface area contributed by atoms with Crippen LogP contribution < -0.4 is 10.6 Å². The number of benzene rings is 1. The van der Waals surface area contributed by atoms with Crippen LogP contribution in [0.3, 0.4) is 0 Å². The van der Waals surface area contributed by atoms with E-state index in [4.69, 9.17) is 0 Å². The number of carbonyl (C=O) groups excluding carboxylic acids is 1. The van der Waals surface area contributed by atoms with Crippen LogP contribution in [0.4, 0.5) is 14.3 Å². The number of aromatic nitrogens is 2. The molecule has 5 nitrogen and oxygen atoms in total. The number of rotatable bonds is 5. The van der Waals surface area contributed by atoms with Gasteiger partial charge in [-0.05, 0) is 49.3 Å². The molecule has 2 N–H and O–H groups in total. The van der Waals surface area contributed by atoms with E-state index in [1.54, 1.807) is 12.1 Å². The minimum atomic E-state index is -0.278. The standard InChI is InChI=1S/C18H21FN4OS/c19-14-9-7-12(8-10-14)15(11-3-1-2-4-11)20-17(24)21-18-23-22-16(25-18)13-5-6-13/h7-11,13,15H,1-6H2,(H2,20,21,23,24). The fourth-order valence-corrected chi connectivity index (χ4v) is 4.40. The van der Waals surface area contributed by atoms with E-state index in [0.717, 1.165) is 36.3 Å². The van der Waals surface area contributed by atoms with Crippen molar-refractivity contribution < 1.29 is 9.18 Å². The van der Waals surface area contributed by atoms with E-state index in [-0.39, 0.29) is 17.9 Å². The van der Waals surface area contributed by atoms with Crippen molar-refractivity contribution in [3.63, 3.8) is 0 Å². The molecule has 2 fully saturated rings. The topological polar surface area (TPSA) is 66.9 Å². The van der Waals surface area contributed by atoms with Crippen molar-refractivity contribution in [2.24, 2.45) is 5.92 Å². The monoisotopic (exact) mass is 360 g/mol. The normalized spacial score (nSPS) is 18.9. The lowest BCUT2D eigenvalue weighted by Crippen LogP contribution is -2.35. The van der Waals surface area contributed by atoms with Crippen LogP contribution >= 0.6 is 11.3 Å². The smallest absolute Gasteiger partial charge is 0.321 e. The summed E-state index contributed by atoms with van der Waals surface area (Å²) in [5, 5.41) is 15.6. The first-order valence-electron chi connectivity index (χ1n) is 8.85. The molecule has 0 bridgehead atoms. The molecule has 1 aromatic heterocycles. The third-order valence-electron chi connectivity index (χ3n) is 4.97. The SMILES string of the molecule is O=C(Nc1nnc(C2CC2)s1)NC(c1ccc(F)cc1)C1CCCC1. The summed E-state index contributed by atoms with van der Waals surface area (Å²) in [5.74, 6) is 0.647. The molecule has 132 valence electrons. The summed E-state index contributed by atoms with van der Waals surface area (Å²) in [4.78, 5) is 12.5. The molecule has 0 spiro atoms. The molecule has 2 aliphatic carbocycles. The van der Waals surface area contributed by atoms with Crippen LogP contribution in [0.1, 0.15) is 61.1 Å². The Bertz CT molecular complexity index is 738. The largest absolute Gasteiger partial charge is 0.331 e. The van der Waals surface area contributed by atoms with Gasteiger partial charge in [0.1, 0.15) is 10.8 Å². The highest BCUT2D eigenvalue weighted by Crippen LogP contribution is 2.42. The van der Waals surface area contributed by atoms with Crippen molar-refractivity contribution in [1.82, 2.24) is 15.5 Å². The summed E-state index contributed by atoms with van der Waals surface area (Å²) in [7, 11) is 0. The molecule has 4 rings (SSSR count). The Labute approximate surface area is 150 Å². The van der Waals surface area contributed by atoms with Gasteiger partial charge in [0.15, 0.2) is 0 Å². The van der Waals surface area contributed by atoms with Crippen LogP contribution in [0.2, 0.25) is 0 Å². The summed E-state index contributed by atoms with van der Waals surface area (Å²) in [6.07, 6.45) is 6.82. The van der Waals surface area contributed by atoms with Gasteiger partial charge < -0.3 is 5.32 Å². The number of nitrogens with zero attached hydrogens (tertiary/aromatic N) is 2. The number of hydrogen-bond donors (Lipinski definition) is 2. The van der Waals surface area contributed by atoms with Crippen molar-refractivity contribution >= 4 is 22.5 Å². The van der Waals surface area contributed by atoms with Crippen LogP contribution in [0.5, 0.6) is 0 Å². The average molecular weight is 360 g/mol. The maximum absolute atomic E-state index is 13.2. The molecule has 2 amide bonds. The van der Waals surface area contributed by atoms with E-state index in [1.165, 1.54) is 36.3 Å². The molecule has 1 aromatic carbocycles. The first kappa shape index (κ1) is 16.4. The van der Waals surface area contributed by atoms with Crippen LogP contribution in [0, 0.1) is 11.7 Å². The zero-order chi connectivity index (χ0) is 17.2. The van der Waals surface area contributed by atoms with Crippen molar-refractivity contribution in [3.05, 3.63) is 40.7 Å². The molecule has 2 saturated carbocycles.